The van der Waals surface area contributed by atoms with E-state index >= 15 is 0 Å². The molecule has 1 aliphatic rings. The predicted octanol–water partition coefficient (Wildman–Crippen LogP) is 3.48. The van der Waals surface area contributed by atoms with Crippen LogP contribution in [-0.2, 0) is 9.59 Å². The number of hydrogen-bond acceptors (Lipinski definition) is 6. The standard InChI is InChI=1S/C23H23N3O4S2/c1-3-25(4-2)20(27)15-30-18-12-10-16(11-13-18)14-19-22(29)26(23(31)32-19)24-21(28)17-8-6-5-7-9-17/h5-14H,3-4,15H2,1-2H3,(H,24,28)/b19-14+. The van der Waals surface area contributed by atoms with E-state index in [9.17, 15) is 14.4 Å². The topological polar surface area (TPSA) is 79.0 Å². The van der Waals surface area contributed by atoms with Gasteiger partial charge in [-0.25, -0.2) is 0 Å². The second-order valence-electron chi connectivity index (χ2n) is 6.75. The summed E-state index contributed by atoms with van der Waals surface area (Å²) < 4.78 is 5.81. The number of hydrogen-bond donors (Lipinski definition) is 1. The van der Waals surface area contributed by atoms with Crippen molar-refractivity contribution in [1.82, 2.24) is 15.3 Å². The van der Waals surface area contributed by atoms with Gasteiger partial charge in [-0.2, -0.15) is 5.01 Å². The third-order valence-electron chi connectivity index (χ3n) is 4.70. The quantitative estimate of drug-likeness (QED) is 0.471. The number of rotatable bonds is 8. The number of nitrogens with zero attached hydrogens (tertiary/aromatic N) is 2. The first kappa shape index (κ1) is 23.5. The molecule has 3 rings (SSSR count). The summed E-state index contributed by atoms with van der Waals surface area (Å²) in [5.41, 5.74) is 3.75. The number of nitrogens with one attached hydrogen (secondary N) is 1. The van der Waals surface area contributed by atoms with Crippen LogP contribution in [0, 0.1) is 0 Å². The van der Waals surface area contributed by atoms with Crippen LogP contribution in [0.3, 0.4) is 0 Å². The molecule has 1 saturated heterocycles. The van der Waals surface area contributed by atoms with Gasteiger partial charge in [0.2, 0.25) is 0 Å². The van der Waals surface area contributed by atoms with Crippen LogP contribution < -0.4 is 10.2 Å². The van der Waals surface area contributed by atoms with Crippen LogP contribution in [0.4, 0.5) is 0 Å². The minimum Gasteiger partial charge on any atom is -0.484 e. The highest BCUT2D eigenvalue weighted by atomic mass is 32.2. The first-order valence-corrected chi connectivity index (χ1v) is 11.3. The fourth-order valence-electron chi connectivity index (χ4n) is 2.94. The van der Waals surface area contributed by atoms with Gasteiger partial charge in [-0.05, 0) is 62.0 Å². The molecular formula is C23H23N3O4S2. The third-order valence-corrected chi connectivity index (χ3v) is 6.00. The van der Waals surface area contributed by atoms with Gasteiger partial charge in [-0.3, -0.25) is 19.8 Å². The summed E-state index contributed by atoms with van der Waals surface area (Å²) in [7, 11) is 0. The van der Waals surface area contributed by atoms with Crippen molar-refractivity contribution in [2.24, 2.45) is 0 Å². The lowest BCUT2D eigenvalue weighted by atomic mass is 10.2. The molecule has 0 unspecified atom stereocenters. The molecule has 32 heavy (non-hydrogen) atoms. The van der Waals surface area contributed by atoms with Crippen molar-refractivity contribution in [2.45, 2.75) is 13.8 Å². The molecule has 0 bridgehead atoms. The number of thiocarbonyl (C=S) groups is 1. The predicted molar refractivity (Wildman–Crippen MR) is 129 cm³/mol. The zero-order valence-corrected chi connectivity index (χ0v) is 19.4. The first-order valence-electron chi connectivity index (χ1n) is 10.1. The van der Waals surface area contributed by atoms with Gasteiger partial charge in [0, 0.05) is 18.7 Å². The normalized spacial score (nSPS) is 14.6. The molecular weight excluding hydrogens is 446 g/mol. The van der Waals surface area contributed by atoms with Crippen molar-refractivity contribution < 1.29 is 19.1 Å². The summed E-state index contributed by atoms with van der Waals surface area (Å²) >= 11 is 6.37. The molecule has 1 N–H and O–H groups in total. The number of ether oxygens (including phenoxy) is 1. The Morgan fingerprint density at radius 3 is 2.38 bits per heavy atom. The van der Waals surface area contributed by atoms with E-state index in [0.29, 0.717) is 29.3 Å². The van der Waals surface area contributed by atoms with Crippen LogP contribution >= 0.6 is 24.0 Å². The molecule has 1 aliphatic heterocycles. The van der Waals surface area contributed by atoms with Crippen LogP contribution in [0.25, 0.3) is 6.08 Å². The molecule has 3 amide bonds. The summed E-state index contributed by atoms with van der Waals surface area (Å²) in [5, 5.41) is 1.08. The molecule has 166 valence electrons. The second kappa shape index (κ2) is 10.9. The summed E-state index contributed by atoms with van der Waals surface area (Å²) in [5.74, 6) is -0.316. The van der Waals surface area contributed by atoms with Crippen LogP contribution in [-0.4, -0.2) is 51.6 Å². The van der Waals surface area contributed by atoms with Gasteiger partial charge in [-0.1, -0.05) is 42.1 Å². The third kappa shape index (κ3) is 5.74. The van der Waals surface area contributed by atoms with E-state index in [4.69, 9.17) is 17.0 Å². The molecule has 9 heteroatoms. The molecule has 2 aromatic carbocycles. The van der Waals surface area contributed by atoms with Gasteiger partial charge in [0.25, 0.3) is 17.7 Å². The highest BCUT2D eigenvalue weighted by Gasteiger charge is 2.33. The summed E-state index contributed by atoms with van der Waals surface area (Å²) in [6, 6.07) is 15.6. The first-order chi connectivity index (χ1) is 15.4. The molecule has 1 fully saturated rings. The number of carbonyl (C=O) groups is 3. The van der Waals surface area contributed by atoms with Crippen molar-refractivity contribution in [1.29, 1.82) is 0 Å². The SMILES string of the molecule is CCN(CC)C(=O)COc1ccc(/C=C2/SC(=S)N(NC(=O)c3ccccc3)C2=O)cc1. The van der Waals surface area contributed by atoms with Crippen LogP contribution in [0.1, 0.15) is 29.8 Å². The summed E-state index contributed by atoms with van der Waals surface area (Å²) in [6.07, 6.45) is 1.69. The number of amides is 3. The lowest BCUT2D eigenvalue weighted by Crippen LogP contribution is -2.44. The molecule has 7 nitrogen and oxygen atoms in total. The monoisotopic (exact) mass is 469 g/mol. The molecule has 0 radical (unpaired) electrons. The van der Waals surface area contributed by atoms with E-state index in [0.717, 1.165) is 22.3 Å². The van der Waals surface area contributed by atoms with Crippen molar-refractivity contribution in [3.8, 4) is 5.75 Å². The Bertz CT molecular complexity index is 1030. The van der Waals surface area contributed by atoms with Gasteiger partial charge >= 0.3 is 0 Å². The minimum absolute atomic E-state index is 0.0270. The number of benzene rings is 2. The van der Waals surface area contributed by atoms with E-state index in [2.05, 4.69) is 5.43 Å². The van der Waals surface area contributed by atoms with Crippen molar-refractivity contribution >= 4 is 52.1 Å². The molecule has 0 aliphatic carbocycles. The van der Waals surface area contributed by atoms with Crippen LogP contribution in [0.5, 0.6) is 5.75 Å². The average Bonchev–Trinajstić information content (AvgIpc) is 3.07. The van der Waals surface area contributed by atoms with Crippen molar-refractivity contribution in [2.75, 3.05) is 19.7 Å². The molecule has 0 spiro atoms. The van der Waals surface area contributed by atoms with E-state index in [-0.39, 0.29) is 16.8 Å². The van der Waals surface area contributed by atoms with Crippen LogP contribution in [0.2, 0.25) is 0 Å². The van der Waals surface area contributed by atoms with Gasteiger partial charge in [0.1, 0.15) is 5.75 Å². The lowest BCUT2D eigenvalue weighted by Gasteiger charge is -2.18. The molecule has 0 atom stereocenters. The Hall–Kier alpha value is -3.17. The van der Waals surface area contributed by atoms with Crippen molar-refractivity contribution in [3.63, 3.8) is 0 Å². The van der Waals surface area contributed by atoms with E-state index in [1.54, 1.807) is 65.6 Å². The maximum Gasteiger partial charge on any atom is 0.285 e. The highest BCUT2D eigenvalue weighted by molar-refractivity contribution is 8.26. The molecule has 0 aromatic heterocycles. The van der Waals surface area contributed by atoms with E-state index < -0.39 is 11.8 Å². The minimum atomic E-state index is -0.413. The smallest absolute Gasteiger partial charge is 0.285 e. The molecule has 0 saturated carbocycles. The second-order valence-corrected chi connectivity index (χ2v) is 8.42. The molecule has 2 aromatic rings. The number of hydrazine groups is 1. The number of thioether (sulfide) groups is 1. The highest BCUT2D eigenvalue weighted by Crippen LogP contribution is 2.31. The van der Waals surface area contributed by atoms with Gasteiger partial charge in [0.15, 0.2) is 10.9 Å². The van der Waals surface area contributed by atoms with E-state index in [1.807, 2.05) is 13.8 Å². The number of carbonyl (C=O) groups excluding carboxylic acids is 3. The Morgan fingerprint density at radius 2 is 1.75 bits per heavy atom. The lowest BCUT2D eigenvalue weighted by molar-refractivity contribution is -0.133. The Balaban J connectivity index is 1.62. The van der Waals surface area contributed by atoms with Gasteiger partial charge < -0.3 is 9.64 Å². The maximum absolute atomic E-state index is 12.7. The fraction of sp³-hybridized carbons (Fsp3) is 0.217. The largest absolute Gasteiger partial charge is 0.484 e. The van der Waals surface area contributed by atoms with Gasteiger partial charge in [-0.15, -0.1) is 0 Å². The van der Waals surface area contributed by atoms with Crippen molar-refractivity contribution in [3.05, 3.63) is 70.6 Å². The Labute approximate surface area is 196 Å². The zero-order chi connectivity index (χ0) is 23.1. The average molecular weight is 470 g/mol. The van der Waals surface area contributed by atoms with Gasteiger partial charge in [0.05, 0.1) is 4.91 Å². The Morgan fingerprint density at radius 1 is 1.09 bits per heavy atom. The Kier molecular flexibility index (Phi) is 8.02. The maximum atomic E-state index is 12.7. The summed E-state index contributed by atoms with van der Waals surface area (Å²) in [6.45, 7) is 5.10. The zero-order valence-electron chi connectivity index (χ0n) is 17.7. The van der Waals surface area contributed by atoms with Crippen LogP contribution in [0.15, 0.2) is 59.5 Å². The fourth-order valence-corrected chi connectivity index (χ4v) is 4.12. The molecule has 1 heterocycles. The van der Waals surface area contributed by atoms with E-state index in [1.165, 1.54) is 0 Å². The summed E-state index contributed by atoms with van der Waals surface area (Å²) in [4.78, 5) is 39.2. The number of likely N-dealkylation sites (N-methyl/N-ethyl adjacent to an activating group) is 1.